The van der Waals surface area contributed by atoms with Gasteiger partial charge < -0.3 is 4.90 Å². The Morgan fingerprint density at radius 2 is 1.86 bits per heavy atom. The van der Waals surface area contributed by atoms with Crippen LogP contribution in [0.3, 0.4) is 0 Å². The number of nitro groups is 1. The molecule has 0 spiro atoms. The van der Waals surface area contributed by atoms with Crippen LogP contribution in [0.25, 0.3) is 6.08 Å². The molecule has 5 heteroatoms. The van der Waals surface area contributed by atoms with Gasteiger partial charge in [-0.25, -0.2) is 0 Å². The summed E-state index contributed by atoms with van der Waals surface area (Å²) in [5.41, 5.74) is 4.29. The van der Waals surface area contributed by atoms with Gasteiger partial charge in [-0.2, -0.15) is 0 Å². The molecule has 0 aliphatic carbocycles. The minimum absolute atomic E-state index is 0.0467. The van der Waals surface area contributed by atoms with Crippen molar-refractivity contribution in [3.8, 4) is 0 Å². The lowest BCUT2D eigenvalue weighted by atomic mass is 9.84. The predicted molar refractivity (Wildman–Crippen MR) is 114 cm³/mol. The first-order valence-corrected chi connectivity index (χ1v) is 9.77. The van der Waals surface area contributed by atoms with E-state index in [1.54, 1.807) is 12.1 Å². The van der Waals surface area contributed by atoms with Gasteiger partial charge in [-0.15, -0.1) is 0 Å². The number of aryl methyl sites for hydroxylation is 1. The summed E-state index contributed by atoms with van der Waals surface area (Å²) in [7, 11) is 4.26. The minimum atomic E-state index is -0.294. The van der Waals surface area contributed by atoms with Crippen LogP contribution in [0.1, 0.15) is 30.0 Å². The van der Waals surface area contributed by atoms with E-state index in [1.807, 2.05) is 19.1 Å². The fourth-order valence-corrected chi connectivity index (χ4v) is 4.20. The Labute approximate surface area is 167 Å². The number of hydrogen-bond acceptors (Lipinski definition) is 4. The third kappa shape index (κ3) is 3.94. The molecule has 0 aromatic heterocycles. The Kier molecular flexibility index (Phi) is 5.84. The summed E-state index contributed by atoms with van der Waals surface area (Å²) < 4.78 is 0. The zero-order valence-electron chi connectivity index (χ0n) is 17.2. The van der Waals surface area contributed by atoms with Crippen molar-refractivity contribution in [2.24, 2.45) is 0 Å². The van der Waals surface area contributed by atoms with E-state index in [0.29, 0.717) is 5.56 Å². The molecule has 2 aromatic carbocycles. The quantitative estimate of drug-likeness (QED) is 0.566. The standard InChI is InChI=1S/C23H29N3O2/c1-5-23(15-19-11-7-6-8-12-19)17-24(3)20(16-25(23)4)14-21-18(2)10-9-13-22(21)26(27)28/h6-14H,5,15-17H2,1-4H3. The maximum Gasteiger partial charge on any atom is 0.276 e. The highest BCUT2D eigenvalue weighted by atomic mass is 16.6. The van der Waals surface area contributed by atoms with Crippen molar-refractivity contribution >= 4 is 11.8 Å². The average Bonchev–Trinajstić information content (AvgIpc) is 2.67. The van der Waals surface area contributed by atoms with Crippen molar-refractivity contribution in [1.29, 1.82) is 0 Å². The number of rotatable bonds is 5. The van der Waals surface area contributed by atoms with Gasteiger partial charge >= 0.3 is 0 Å². The van der Waals surface area contributed by atoms with Gasteiger partial charge in [0.25, 0.3) is 5.69 Å². The van der Waals surface area contributed by atoms with Crippen LogP contribution in [0.4, 0.5) is 5.69 Å². The van der Waals surface area contributed by atoms with Crippen molar-refractivity contribution in [2.75, 3.05) is 27.2 Å². The molecule has 1 aliphatic heterocycles. The summed E-state index contributed by atoms with van der Waals surface area (Å²) in [5.74, 6) is 0. The van der Waals surface area contributed by atoms with Crippen LogP contribution < -0.4 is 0 Å². The van der Waals surface area contributed by atoms with Crippen molar-refractivity contribution in [2.45, 2.75) is 32.2 Å². The first-order chi connectivity index (χ1) is 13.4. The molecule has 1 unspecified atom stereocenters. The fraction of sp³-hybridized carbons (Fsp3) is 0.391. The molecular weight excluding hydrogens is 350 g/mol. The SMILES string of the molecule is CCC1(Cc2ccccc2)CN(C)C(=Cc2c(C)cccc2[N+](=O)[O-])CN1C. The first kappa shape index (κ1) is 20.1. The monoisotopic (exact) mass is 379 g/mol. The van der Waals surface area contributed by atoms with Crippen molar-refractivity contribution in [3.63, 3.8) is 0 Å². The van der Waals surface area contributed by atoms with E-state index in [1.165, 1.54) is 5.56 Å². The highest BCUT2D eigenvalue weighted by Gasteiger charge is 2.39. The van der Waals surface area contributed by atoms with Crippen LogP contribution in [0, 0.1) is 17.0 Å². The number of nitro benzene ring substituents is 1. The molecule has 1 heterocycles. The zero-order chi connectivity index (χ0) is 20.3. The zero-order valence-corrected chi connectivity index (χ0v) is 17.2. The van der Waals surface area contributed by atoms with Crippen molar-refractivity contribution in [3.05, 3.63) is 81.0 Å². The summed E-state index contributed by atoms with van der Waals surface area (Å²) in [4.78, 5) is 15.9. The maximum absolute atomic E-state index is 11.5. The van der Waals surface area contributed by atoms with Gasteiger partial charge in [0.05, 0.1) is 10.5 Å². The number of hydrogen-bond donors (Lipinski definition) is 0. The summed E-state index contributed by atoms with van der Waals surface area (Å²) in [6.45, 7) is 5.83. The molecule has 1 saturated heterocycles. The summed E-state index contributed by atoms with van der Waals surface area (Å²) in [5, 5.41) is 11.5. The molecule has 2 aromatic rings. The van der Waals surface area contributed by atoms with Gasteiger partial charge in [0.2, 0.25) is 0 Å². The van der Waals surface area contributed by atoms with Crippen LogP contribution in [0.15, 0.2) is 54.2 Å². The largest absolute Gasteiger partial charge is 0.375 e. The lowest BCUT2D eigenvalue weighted by molar-refractivity contribution is -0.385. The Hall–Kier alpha value is -2.66. The molecule has 0 amide bonds. The van der Waals surface area contributed by atoms with E-state index in [0.717, 1.165) is 37.2 Å². The molecule has 5 nitrogen and oxygen atoms in total. The molecule has 1 atom stereocenters. The molecule has 0 N–H and O–H groups in total. The molecule has 0 radical (unpaired) electrons. The number of benzene rings is 2. The van der Waals surface area contributed by atoms with Crippen LogP contribution in [0.5, 0.6) is 0 Å². The normalized spacial score (nSPS) is 21.9. The van der Waals surface area contributed by atoms with Gasteiger partial charge in [-0.05, 0) is 44.0 Å². The van der Waals surface area contributed by atoms with Gasteiger partial charge in [0.1, 0.15) is 0 Å². The Balaban J connectivity index is 1.91. The average molecular weight is 380 g/mol. The molecule has 0 saturated carbocycles. The molecule has 1 fully saturated rings. The molecule has 1 aliphatic rings. The van der Waals surface area contributed by atoms with Crippen LogP contribution in [-0.4, -0.2) is 47.4 Å². The fourth-order valence-electron chi connectivity index (χ4n) is 4.20. The molecule has 28 heavy (non-hydrogen) atoms. The van der Waals surface area contributed by atoms with E-state index in [9.17, 15) is 10.1 Å². The second-order valence-electron chi connectivity index (χ2n) is 7.85. The maximum atomic E-state index is 11.5. The van der Waals surface area contributed by atoms with Crippen LogP contribution >= 0.6 is 0 Å². The highest BCUT2D eigenvalue weighted by Crippen LogP contribution is 2.33. The minimum Gasteiger partial charge on any atom is -0.375 e. The smallest absolute Gasteiger partial charge is 0.276 e. The van der Waals surface area contributed by atoms with Crippen molar-refractivity contribution in [1.82, 2.24) is 9.80 Å². The second kappa shape index (κ2) is 8.15. The van der Waals surface area contributed by atoms with Gasteiger partial charge in [0, 0.05) is 37.4 Å². The number of nitrogens with zero attached hydrogens (tertiary/aromatic N) is 3. The van der Waals surface area contributed by atoms with E-state index < -0.39 is 0 Å². The van der Waals surface area contributed by atoms with Crippen molar-refractivity contribution < 1.29 is 4.92 Å². The van der Waals surface area contributed by atoms with E-state index >= 15 is 0 Å². The topological polar surface area (TPSA) is 49.6 Å². The number of piperazine rings is 1. The lowest BCUT2D eigenvalue weighted by Gasteiger charge is -2.50. The summed E-state index contributed by atoms with van der Waals surface area (Å²) in [6, 6.07) is 15.9. The lowest BCUT2D eigenvalue weighted by Crippen LogP contribution is -2.59. The van der Waals surface area contributed by atoms with E-state index in [4.69, 9.17) is 0 Å². The Morgan fingerprint density at radius 3 is 2.50 bits per heavy atom. The third-order valence-corrected chi connectivity index (χ3v) is 6.07. The Bertz CT molecular complexity index is 879. The summed E-state index contributed by atoms with van der Waals surface area (Å²) >= 11 is 0. The highest BCUT2D eigenvalue weighted by molar-refractivity contribution is 5.66. The summed E-state index contributed by atoms with van der Waals surface area (Å²) in [6.07, 6.45) is 4.02. The Morgan fingerprint density at radius 1 is 1.14 bits per heavy atom. The predicted octanol–water partition coefficient (Wildman–Crippen LogP) is 4.51. The van der Waals surface area contributed by atoms with Crippen LogP contribution in [0.2, 0.25) is 0 Å². The van der Waals surface area contributed by atoms with Gasteiger partial charge in [-0.1, -0.05) is 49.4 Å². The second-order valence-corrected chi connectivity index (χ2v) is 7.85. The van der Waals surface area contributed by atoms with Gasteiger partial charge in [-0.3, -0.25) is 15.0 Å². The third-order valence-electron chi connectivity index (χ3n) is 6.07. The number of likely N-dealkylation sites (N-methyl/N-ethyl adjacent to an activating group) is 2. The van der Waals surface area contributed by atoms with E-state index in [-0.39, 0.29) is 16.1 Å². The van der Waals surface area contributed by atoms with Gasteiger partial charge in [0.15, 0.2) is 0 Å². The molecular formula is C23H29N3O2. The van der Waals surface area contributed by atoms with E-state index in [2.05, 4.69) is 61.2 Å². The molecule has 148 valence electrons. The molecule has 3 rings (SSSR count). The van der Waals surface area contributed by atoms with Crippen LogP contribution in [-0.2, 0) is 6.42 Å². The first-order valence-electron chi connectivity index (χ1n) is 9.77. The molecule has 0 bridgehead atoms.